The van der Waals surface area contributed by atoms with E-state index in [2.05, 4.69) is 46.4 Å². The second kappa shape index (κ2) is 6.88. The predicted octanol–water partition coefficient (Wildman–Crippen LogP) is 2.44. The number of nitrogens with one attached hydrogen (secondary N) is 1. The molecule has 1 saturated heterocycles. The first-order chi connectivity index (χ1) is 12.6. The van der Waals surface area contributed by atoms with E-state index in [1.807, 2.05) is 24.0 Å². The molecule has 1 aromatic heterocycles. The van der Waals surface area contributed by atoms with E-state index in [-0.39, 0.29) is 5.91 Å². The van der Waals surface area contributed by atoms with E-state index in [1.165, 1.54) is 18.4 Å². The number of amides is 1. The van der Waals surface area contributed by atoms with Crippen molar-refractivity contribution < 1.29 is 4.79 Å². The molecule has 1 spiro atoms. The van der Waals surface area contributed by atoms with Crippen LogP contribution in [0.3, 0.4) is 0 Å². The summed E-state index contributed by atoms with van der Waals surface area (Å²) in [7, 11) is 2.00. The summed E-state index contributed by atoms with van der Waals surface area (Å²) < 4.78 is 2.02. The summed E-state index contributed by atoms with van der Waals surface area (Å²) in [5.41, 5.74) is 2.65. The predicted molar refractivity (Wildman–Crippen MR) is 102 cm³/mol. The SMILES string of the molecule is Cc1ccc(CC(=O)N(Cc2nccn2C)[C@@H]2CC23CCNCC3)cc1. The van der Waals surface area contributed by atoms with Crippen LogP contribution in [0.2, 0.25) is 0 Å². The molecule has 1 aliphatic carbocycles. The quantitative estimate of drug-likeness (QED) is 0.899. The summed E-state index contributed by atoms with van der Waals surface area (Å²) in [4.78, 5) is 19.8. The average Bonchev–Trinajstić information content (AvgIpc) is 3.14. The van der Waals surface area contributed by atoms with Crippen LogP contribution in [-0.2, 0) is 24.8 Å². The maximum Gasteiger partial charge on any atom is 0.227 e. The van der Waals surface area contributed by atoms with Gasteiger partial charge in [0.15, 0.2) is 0 Å². The van der Waals surface area contributed by atoms with Crippen molar-refractivity contribution >= 4 is 5.91 Å². The van der Waals surface area contributed by atoms with Gasteiger partial charge in [-0.1, -0.05) is 29.8 Å². The summed E-state index contributed by atoms with van der Waals surface area (Å²) in [6.45, 7) is 4.82. The van der Waals surface area contributed by atoms with Crippen LogP contribution >= 0.6 is 0 Å². The molecule has 4 rings (SSSR count). The topological polar surface area (TPSA) is 50.2 Å². The Morgan fingerprint density at radius 2 is 2.04 bits per heavy atom. The lowest BCUT2D eigenvalue weighted by molar-refractivity contribution is -0.132. The van der Waals surface area contributed by atoms with Gasteiger partial charge in [-0.3, -0.25) is 4.79 Å². The number of aryl methyl sites for hydroxylation is 2. The van der Waals surface area contributed by atoms with Gasteiger partial charge >= 0.3 is 0 Å². The van der Waals surface area contributed by atoms with Gasteiger partial charge in [0.2, 0.25) is 5.91 Å². The van der Waals surface area contributed by atoms with E-state index in [1.54, 1.807) is 0 Å². The van der Waals surface area contributed by atoms with E-state index in [0.29, 0.717) is 24.4 Å². The average molecular weight is 352 g/mol. The van der Waals surface area contributed by atoms with Crippen LogP contribution in [0.25, 0.3) is 0 Å². The standard InChI is InChI=1S/C21H28N4O/c1-16-3-5-17(6-4-16)13-20(26)25(15-19-23-11-12-24(19)2)18-14-21(18)7-9-22-10-8-21/h3-6,11-12,18,22H,7-10,13-15H2,1-2H3/t18-/m1/s1. The number of hydrogen-bond donors (Lipinski definition) is 1. The second-order valence-electron chi connectivity index (χ2n) is 7.97. The van der Waals surface area contributed by atoms with Gasteiger partial charge in [-0.2, -0.15) is 0 Å². The third-order valence-corrected chi connectivity index (χ3v) is 6.15. The highest BCUT2D eigenvalue weighted by molar-refractivity contribution is 5.79. The Morgan fingerprint density at radius 3 is 2.69 bits per heavy atom. The zero-order chi connectivity index (χ0) is 18.1. The van der Waals surface area contributed by atoms with E-state index in [0.717, 1.165) is 30.9 Å². The van der Waals surface area contributed by atoms with Gasteiger partial charge in [0.1, 0.15) is 5.82 Å². The molecule has 5 heteroatoms. The Bertz CT molecular complexity index is 774. The Kier molecular flexibility index (Phi) is 4.57. The van der Waals surface area contributed by atoms with Crippen molar-refractivity contribution in [2.75, 3.05) is 13.1 Å². The smallest absolute Gasteiger partial charge is 0.227 e. The fourth-order valence-electron chi connectivity index (χ4n) is 4.28. The van der Waals surface area contributed by atoms with Crippen molar-refractivity contribution in [3.63, 3.8) is 0 Å². The normalized spacial score (nSPS) is 20.9. The molecule has 2 fully saturated rings. The van der Waals surface area contributed by atoms with Crippen molar-refractivity contribution in [2.24, 2.45) is 12.5 Å². The molecule has 1 N–H and O–H groups in total. The van der Waals surface area contributed by atoms with Gasteiger partial charge in [0.25, 0.3) is 0 Å². The number of carbonyl (C=O) groups excluding carboxylic acids is 1. The molecule has 1 atom stereocenters. The Morgan fingerprint density at radius 1 is 1.31 bits per heavy atom. The van der Waals surface area contributed by atoms with Crippen LogP contribution in [-0.4, -0.2) is 39.5 Å². The molecule has 2 aromatic rings. The van der Waals surface area contributed by atoms with Crippen LogP contribution in [0.1, 0.15) is 36.2 Å². The molecule has 138 valence electrons. The number of benzene rings is 1. The highest BCUT2D eigenvalue weighted by Crippen LogP contribution is 2.56. The molecule has 0 bridgehead atoms. The van der Waals surface area contributed by atoms with Gasteiger partial charge in [0.05, 0.1) is 13.0 Å². The lowest BCUT2D eigenvalue weighted by Crippen LogP contribution is -2.40. The number of carbonyl (C=O) groups is 1. The van der Waals surface area contributed by atoms with Crippen LogP contribution in [0, 0.1) is 12.3 Å². The van der Waals surface area contributed by atoms with E-state index < -0.39 is 0 Å². The van der Waals surface area contributed by atoms with Crippen molar-refractivity contribution in [3.8, 4) is 0 Å². The lowest BCUT2D eigenvalue weighted by atomic mass is 9.93. The number of piperidine rings is 1. The Labute approximate surface area is 155 Å². The van der Waals surface area contributed by atoms with Crippen molar-refractivity contribution in [2.45, 2.75) is 45.2 Å². The molecule has 2 aliphatic rings. The highest BCUT2D eigenvalue weighted by Gasteiger charge is 2.57. The second-order valence-corrected chi connectivity index (χ2v) is 7.97. The molecule has 1 saturated carbocycles. The Balaban J connectivity index is 1.53. The lowest BCUT2D eigenvalue weighted by Gasteiger charge is -2.29. The third-order valence-electron chi connectivity index (χ3n) is 6.15. The minimum absolute atomic E-state index is 0.220. The fourth-order valence-corrected chi connectivity index (χ4v) is 4.28. The van der Waals surface area contributed by atoms with Gasteiger partial charge in [-0.15, -0.1) is 0 Å². The van der Waals surface area contributed by atoms with Crippen LogP contribution in [0.5, 0.6) is 0 Å². The van der Waals surface area contributed by atoms with E-state index >= 15 is 0 Å². The first-order valence-electron chi connectivity index (χ1n) is 9.59. The molecule has 1 amide bonds. The summed E-state index contributed by atoms with van der Waals surface area (Å²) in [5, 5.41) is 3.45. The molecule has 0 unspecified atom stereocenters. The fraction of sp³-hybridized carbons (Fsp3) is 0.524. The van der Waals surface area contributed by atoms with Crippen molar-refractivity contribution in [1.29, 1.82) is 0 Å². The number of imidazole rings is 1. The zero-order valence-corrected chi connectivity index (χ0v) is 15.7. The zero-order valence-electron chi connectivity index (χ0n) is 15.7. The molecule has 0 radical (unpaired) electrons. The number of rotatable bonds is 5. The van der Waals surface area contributed by atoms with Crippen LogP contribution < -0.4 is 5.32 Å². The molecule has 1 aliphatic heterocycles. The maximum atomic E-state index is 13.2. The maximum absolute atomic E-state index is 13.2. The first-order valence-corrected chi connectivity index (χ1v) is 9.59. The minimum atomic E-state index is 0.220. The summed E-state index contributed by atoms with van der Waals surface area (Å²) >= 11 is 0. The van der Waals surface area contributed by atoms with Crippen LogP contribution in [0.4, 0.5) is 0 Å². The molecule has 5 nitrogen and oxygen atoms in total. The molecular weight excluding hydrogens is 324 g/mol. The minimum Gasteiger partial charge on any atom is -0.337 e. The Hall–Kier alpha value is -2.14. The van der Waals surface area contributed by atoms with Crippen LogP contribution in [0.15, 0.2) is 36.7 Å². The molecule has 2 heterocycles. The van der Waals surface area contributed by atoms with E-state index in [4.69, 9.17) is 0 Å². The number of nitrogens with zero attached hydrogens (tertiary/aromatic N) is 3. The number of hydrogen-bond acceptors (Lipinski definition) is 3. The van der Waals surface area contributed by atoms with Gasteiger partial charge < -0.3 is 14.8 Å². The summed E-state index contributed by atoms with van der Waals surface area (Å²) in [5.74, 6) is 1.18. The monoisotopic (exact) mass is 352 g/mol. The summed E-state index contributed by atoms with van der Waals surface area (Å²) in [6.07, 6.45) is 7.71. The van der Waals surface area contributed by atoms with Gasteiger partial charge in [-0.25, -0.2) is 4.98 Å². The van der Waals surface area contributed by atoms with Crippen molar-refractivity contribution in [3.05, 3.63) is 53.6 Å². The first kappa shape index (κ1) is 17.3. The third kappa shape index (κ3) is 3.40. The highest BCUT2D eigenvalue weighted by atomic mass is 16.2. The largest absolute Gasteiger partial charge is 0.337 e. The molecule has 1 aromatic carbocycles. The summed E-state index contributed by atoms with van der Waals surface area (Å²) in [6, 6.07) is 8.66. The van der Waals surface area contributed by atoms with E-state index in [9.17, 15) is 4.79 Å². The number of aromatic nitrogens is 2. The van der Waals surface area contributed by atoms with Gasteiger partial charge in [0, 0.05) is 25.5 Å². The molecule has 26 heavy (non-hydrogen) atoms. The molecular formula is C21H28N4O. The van der Waals surface area contributed by atoms with Gasteiger partial charge in [-0.05, 0) is 50.3 Å². The van der Waals surface area contributed by atoms with Crippen molar-refractivity contribution in [1.82, 2.24) is 19.8 Å².